The van der Waals surface area contributed by atoms with Gasteiger partial charge in [-0.1, -0.05) is 66.7 Å². The summed E-state index contributed by atoms with van der Waals surface area (Å²) in [5, 5.41) is 0. The summed E-state index contributed by atoms with van der Waals surface area (Å²) < 4.78 is 0. The van der Waals surface area contributed by atoms with E-state index in [0.29, 0.717) is 19.6 Å². The fourth-order valence-corrected chi connectivity index (χ4v) is 2.09. The molecule has 0 bridgehead atoms. The fourth-order valence-electron chi connectivity index (χ4n) is 2.09. The van der Waals surface area contributed by atoms with Crippen molar-refractivity contribution in [3.63, 3.8) is 0 Å². The van der Waals surface area contributed by atoms with Crippen LogP contribution in [-0.4, -0.2) is 17.4 Å². The van der Waals surface area contributed by atoms with Crippen LogP contribution in [0.5, 0.6) is 0 Å². The van der Waals surface area contributed by atoms with Crippen molar-refractivity contribution in [3.05, 3.63) is 83.9 Å². The van der Waals surface area contributed by atoms with E-state index >= 15 is 0 Å². The minimum atomic E-state index is -0.0202. The maximum absolute atomic E-state index is 12.3. The standard InChI is InChI=1S/C18H20N2O/c19-13-7-12-18(21)20(14-16-8-3-1-4-9-16)15-17-10-5-2-6-11-17/h1-12H,13-15,19H2/b12-7+. The van der Waals surface area contributed by atoms with E-state index in [-0.39, 0.29) is 5.91 Å². The molecule has 2 rings (SSSR count). The molecule has 3 nitrogen and oxygen atoms in total. The summed E-state index contributed by atoms with van der Waals surface area (Å²) in [6.07, 6.45) is 3.23. The molecule has 2 aromatic carbocycles. The van der Waals surface area contributed by atoms with Crippen molar-refractivity contribution in [2.75, 3.05) is 6.54 Å². The van der Waals surface area contributed by atoms with Crippen LogP contribution in [0, 0.1) is 0 Å². The molecule has 0 saturated heterocycles. The van der Waals surface area contributed by atoms with Crippen LogP contribution in [0.3, 0.4) is 0 Å². The zero-order chi connectivity index (χ0) is 14.9. The Balaban J connectivity index is 2.13. The van der Waals surface area contributed by atoms with Crippen LogP contribution < -0.4 is 5.73 Å². The van der Waals surface area contributed by atoms with Crippen LogP contribution in [0.4, 0.5) is 0 Å². The summed E-state index contributed by atoms with van der Waals surface area (Å²) in [5.41, 5.74) is 7.65. The lowest BCUT2D eigenvalue weighted by molar-refractivity contribution is -0.127. The van der Waals surface area contributed by atoms with Gasteiger partial charge in [-0.15, -0.1) is 0 Å². The second-order valence-corrected chi connectivity index (χ2v) is 4.80. The fraction of sp³-hybridized carbons (Fsp3) is 0.167. The van der Waals surface area contributed by atoms with E-state index < -0.39 is 0 Å². The number of amides is 1. The highest BCUT2D eigenvalue weighted by Gasteiger charge is 2.11. The van der Waals surface area contributed by atoms with Crippen molar-refractivity contribution in [1.82, 2.24) is 4.90 Å². The molecule has 21 heavy (non-hydrogen) atoms. The molecule has 0 unspecified atom stereocenters. The van der Waals surface area contributed by atoms with Gasteiger partial charge in [0.05, 0.1) is 0 Å². The van der Waals surface area contributed by atoms with Gasteiger partial charge in [-0.05, 0) is 11.1 Å². The SMILES string of the molecule is NC/C=C/C(=O)N(Cc1ccccc1)Cc1ccccc1. The Labute approximate surface area is 125 Å². The van der Waals surface area contributed by atoms with Crippen LogP contribution in [0.15, 0.2) is 72.8 Å². The molecule has 0 aliphatic heterocycles. The summed E-state index contributed by atoms with van der Waals surface area (Å²) in [7, 11) is 0. The highest BCUT2D eigenvalue weighted by atomic mass is 16.2. The first kappa shape index (κ1) is 15.0. The van der Waals surface area contributed by atoms with Crippen LogP contribution in [0.2, 0.25) is 0 Å². The van der Waals surface area contributed by atoms with Crippen molar-refractivity contribution in [3.8, 4) is 0 Å². The van der Waals surface area contributed by atoms with Crippen molar-refractivity contribution >= 4 is 5.91 Å². The Hall–Kier alpha value is -2.39. The lowest BCUT2D eigenvalue weighted by Gasteiger charge is -2.21. The van der Waals surface area contributed by atoms with E-state index in [1.807, 2.05) is 65.6 Å². The van der Waals surface area contributed by atoms with Crippen molar-refractivity contribution in [2.24, 2.45) is 5.73 Å². The number of nitrogens with two attached hydrogens (primary N) is 1. The maximum atomic E-state index is 12.3. The molecular weight excluding hydrogens is 260 g/mol. The molecule has 0 aromatic heterocycles. The number of carbonyl (C=O) groups is 1. The minimum absolute atomic E-state index is 0.0202. The molecule has 0 fully saturated rings. The van der Waals surface area contributed by atoms with Gasteiger partial charge < -0.3 is 10.6 Å². The van der Waals surface area contributed by atoms with Gasteiger partial charge in [0.2, 0.25) is 5.91 Å². The monoisotopic (exact) mass is 280 g/mol. The number of hydrogen-bond acceptors (Lipinski definition) is 2. The van der Waals surface area contributed by atoms with Gasteiger partial charge in [0.25, 0.3) is 0 Å². The van der Waals surface area contributed by atoms with Gasteiger partial charge in [0, 0.05) is 25.7 Å². The van der Waals surface area contributed by atoms with Gasteiger partial charge in [-0.2, -0.15) is 0 Å². The summed E-state index contributed by atoms with van der Waals surface area (Å²) in [4.78, 5) is 14.1. The number of nitrogens with zero attached hydrogens (tertiary/aromatic N) is 1. The molecule has 0 aliphatic rings. The lowest BCUT2D eigenvalue weighted by atomic mass is 10.1. The first-order chi connectivity index (χ1) is 10.3. The van der Waals surface area contributed by atoms with E-state index in [0.717, 1.165) is 11.1 Å². The molecule has 1 amide bonds. The molecule has 0 atom stereocenters. The summed E-state index contributed by atoms with van der Waals surface area (Å²) in [6.45, 7) is 1.54. The third-order valence-corrected chi connectivity index (χ3v) is 3.14. The zero-order valence-electron chi connectivity index (χ0n) is 12.0. The molecular formula is C18H20N2O. The molecule has 2 aromatic rings. The first-order valence-electron chi connectivity index (χ1n) is 7.03. The molecule has 3 heteroatoms. The predicted molar refractivity (Wildman–Crippen MR) is 85.3 cm³/mol. The average Bonchev–Trinajstić information content (AvgIpc) is 2.54. The number of carbonyl (C=O) groups excluding carboxylic acids is 1. The highest BCUT2D eigenvalue weighted by Crippen LogP contribution is 2.10. The second-order valence-electron chi connectivity index (χ2n) is 4.80. The van der Waals surface area contributed by atoms with Gasteiger partial charge in [-0.25, -0.2) is 0 Å². The third kappa shape index (κ3) is 4.89. The molecule has 108 valence electrons. The largest absolute Gasteiger partial charge is 0.331 e. The minimum Gasteiger partial charge on any atom is -0.331 e. The second kappa shape index (κ2) is 8.02. The van der Waals surface area contributed by atoms with Crippen molar-refractivity contribution < 1.29 is 4.79 Å². The molecule has 0 saturated carbocycles. The summed E-state index contributed by atoms with van der Waals surface area (Å²) >= 11 is 0. The van der Waals surface area contributed by atoms with Crippen LogP contribution in [-0.2, 0) is 17.9 Å². The van der Waals surface area contributed by atoms with Crippen LogP contribution >= 0.6 is 0 Å². The number of benzene rings is 2. The van der Waals surface area contributed by atoms with Crippen LogP contribution in [0.1, 0.15) is 11.1 Å². The molecule has 0 aliphatic carbocycles. The Bertz CT molecular complexity index is 537. The lowest BCUT2D eigenvalue weighted by Crippen LogP contribution is -2.28. The average molecular weight is 280 g/mol. The molecule has 0 heterocycles. The van der Waals surface area contributed by atoms with Gasteiger partial charge in [0.1, 0.15) is 0 Å². The van der Waals surface area contributed by atoms with E-state index in [2.05, 4.69) is 0 Å². The molecule has 0 spiro atoms. The topological polar surface area (TPSA) is 46.3 Å². The van der Waals surface area contributed by atoms with Gasteiger partial charge >= 0.3 is 0 Å². The van der Waals surface area contributed by atoms with Gasteiger partial charge in [-0.3, -0.25) is 4.79 Å². The Morgan fingerprint density at radius 2 is 1.38 bits per heavy atom. The van der Waals surface area contributed by atoms with Gasteiger partial charge in [0.15, 0.2) is 0 Å². The maximum Gasteiger partial charge on any atom is 0.246 e. The van der Waals surface area contributed by atoms with E-state index in [9.17, 15) is 4.79 Å². The third-order valence-electron chi connectivity index (χ3n) is 3.14. The Morgan fingerprint density at radius 1 is 0.905 bits per heavy atom. The highest BCUT2D eigenvalue weighted by molar-refractivity contribution is 5.87. The van der Waals surface area contributed by atoms with E-state index in [1.165, 1.54) is 0 Å². The Kier molecular flexibility index (Phi) is 5.73. The van der Waals surface area contributed by atoms with Crippen molar-refractivity contribution in [1.29, 1.82) is 0 Å². The summed E-state index contributed by atoms with van der Waals surface area (Å²) in [6, 6.07) is 20.0. The normalized spacial score (nSPS) is 10.7. The van der Waals surface area contributed by atoms with E-state index in [4.69, 9.17) is 5.73 Å². The first-order valence-corrected chi connectivity index (χ1v) is 7.03. The smallest absolute Gasteiger partial charge is 0.246 e. The van der Waals surface area contributed by atoms with Crippen molar-refractivity contribution in [2.45, 2.75) is 13.1 Å². The number of hydrogen-bond donors (Lipinski definition) is 1. The predicted octanol–water partition coefficient (Wildman–Crippen LogP) is 2.73. The number of rotatable bonds is 6. The molecule has 0 radical (unpaired) electrons. The molecule has 2 N–H and O–H groups in total. The Morgan fingerprint density at radius 3 is 1.81 bits per heavy atom. The van der Waals surface area contributed by atoms with Crippen LogP contribution in [0.25, 0.3) is 0 Å². The summed E-state index contributed by atoms with van der Waals surface area (Å²) in [5.74, 6) is -0.0202. The quantitative estimate of drug-likeness (QED) is 0.827. The van der Waals surface area contributed by atoms with E-state index in [1.54, 1.807) is 12.2 Å². The zero-order valence-corrected chi connectivity index (χ0v) is 12.0.